The monoisotopic (exact) mass is 454 g/mol. The molecule has 0 aliphatic carbocycles. The minimum absolute atomic E-state index is 0.0691. The fourth-order valence-electron chi connectivity index (χ4n) is 4.09. The number of amides is 1. The molecule has 3 aliphatic heterocycles. The lowest BCUT2D eigenvalue weighted by Gasteiger charge is -2.30. The van der Waals surface area contributed by atoms with Gasteiger partial charge in [-0.3, -0.25) is 4.79 Å². The van der Waals surface area contributed by atoms with Crippen LogP contribution in [0.25, 0.3) is 22.3 Å². The Kier molecular flexibility index (Phi) is 5.79. The number of anilines is 1. The third-order valence-corrected chi connectivity index (χ3v) is 6.97. The third kappa shape index (κ3) is 4.26. The van der Waals surface area contributed by atoms with Crippen molar-refractivity contribution in [3.05, 3.63) is 35.5 Å². The van der Waals surface area contributed by atoms with Gasteiger partial charge in [-0.15, -0.1) is 0 Å². The third-order valence-electron chi connectivity index (χ3n) is 5.67. The van der Waals surface area contributed by atoms with Gasteiger partial charge in [-0.25, -0.2) is 17.7 Å². The number of fused-ring (bicyclic) bond motifs is 3. The fraction of sp³-hybridized carbons (Fsp3) is 0.409. The van der Waals surface area contributed by atoms with E-state index in [1.807, 2.05) is 19.9 Å². The van der Waals surface area contributed by atoms with Crippen LogP contribution < -0.4 is 10.6 Å². The van der Waals surface area contributed by atoms with Crippen LogP contribution in [-0.2, 0) is 10.0 Å². The summed E-state index contributed by atoms with van der Waals surface area (Å²) in [6.45, 7) is 4.76. The number of pyridine rings is 1. The zero-order valence-corrected chi connectivity index (χ0v) is 19.1. The smallest absolute Gasteiger partial charge is 0.255 e. The molecule has 1 amide bonds. The number of hydrogen-bond donors (Lipinski definition) is 3. The number of carbonyl (C=O) groups is 1. The molecule has 3 aliphatic rings. The molecule has 1 aromatic carbocycles. The summed E-state index contributed by atoms with van der Waals surface area (Å²) < 4.78 is 24.9. The molecule has 0 spiro atoms. The predicted octanol–water partition coefficient (Wildman–Crippen LogP) is 2.51. The molecule has 3 heterocycles. The van der Waals surface area contributed by atoms with Crippen molar-refractivity contribution < 1.29 is 13.2 Å². The number of nitrogens with zero attached hydrogens (tertiary/aromatic N) is 3. The van der Waals surface area contributed by atoms with E-state index in [1.165, 1.54) is 10.6 Å². The molecule has 168 valence electrons. The molecular formula is C22H26N6O3S. The minimum Gasteiger partial charge on any atom is -0.380 e. The topological polar surface area (TPSA) is 131 Å². The lowest BCUT2D eigenvalue weighted by Crippen LogP contribution is -2.46. The van der Waals surface area contributed by atoms with Crippen LogP contribution in [0.5, 0.6) is 0 Å². The summed E-state index contributed by atoms with van der Waals surface area (Å²) >= 11 is 0. The van der Waals surface area contributed by atoms with E-state index in [-0.39, 0.29) is 18.0 Å². The van der Waals surface area contributed by atoms with Gasteiger partial charge in [0.15, 0.2) is 0 Å². The molecule has 9 nitrogen and oxygen atoms in total. The molecule has 10 heteroatoms. The SMILES string of the molecule is CC(C)Nc1c(C(=O)NC2CCN(S(C)(=O)=O)CC2)c[nH]c2c3ccc(C#N)cc3nc1-2. The number of nitrogens with one attached hydrogen (secondary N) is 3. The number of rotatable bonds is 5. The molecule has 0 atom stereocenters. The first-order valence-electron chi connectivity index (χ1n) is 10.5. The van der Waals surface area contributed by atoms with Gasteiger partial charge >= 0.3 is 0 Å². The average Bonchev–Trinajstić information content (AvgIpc) is 3.11. The number of carbonyl (C=O) groups excluding carboxylic acids is 1. The molecule has 0 unspecified atom stereocenters. The molecule has 0 aromatic heterocycles. The molecule has 0 saturated carbocycles. The summed E-state index contributed by atoms with van der Waals surface area (Å²) in [7, 11) is -3.22. The Hall–Kier alpha value is -3.16. The second-order valence-electron chi connectivity index (χ2n) is 8.47. The first-order valence-corrected chi connectivity index (χ1v) is 12.4. The Balaban J connectivity index is 1.65. The highest BCUT2D eigenvalue weighted by Gasteiger charge is 2.28. The van der Waals surface area contributed by atoms with Crippen molar-refractivity contribution in [3.63, 3.8) is 0 Å². The number of benzene rings is 1. The van der Waals surface area contributed by atoms with Crippen LogP contribution in [0.1, 0.15) is 42.6 Å². The van der Waals surface area contributed by atoms with Crippen LogP contribution >= 0.6 is 0 Å². The minimum atomic E-state index is -3.22. The largest absolute Gasteiger partial charge is 0.380 e. The molecule has 0 bridgehead atoms. The number of H-pyrrole nitrogens is 1. The van der Waals surface area contributed by atoms with Crippen molar-refractivity contribution in [1.29, 1.82) is 5.26 Å². The zero-order chi connectivity index (χ0) is 23.0. The molecule has 1 aromatic rings. The van der Waals surface area contributed by atoms with Gasteiger partial charge in [0.25, 0.3) is 5.91 Å². The zero-order valence-electron chi connectivity index (χ0n) is 18.3. The summed E-state index contributed by atoms with van der Waals surface area (Å²) in [6.07, 6.45) is 4.00. The van der Waals surface area contributed by atoms with Gasteiger partial charge in [0.05, 0.1) is 40.3 Å². The lowest BCUT2D eigenvalue weighted by molar-refractivity contribution is 0.0924. The van der Waals surface area contributed by atoms with Crippen LogP contribution in [0, 0.1) is 11.3 Å². The standard InChI is InChI=1S/C22H26N6O3S/c1-13(2)25-20-17(22(29)26-15-6-8-28(9-7-15)32(3,30)31)12-24-19-16-5-4-14(11-23)10-18(16)27-21(19)20/h4-5,10,12-13,15,24-25H,6-9H2,1-3H3,(H,26,29). The van der Waals surface area contributed by atoms with Crippen molar-refractivity contribution >= 4 is 32.5 Å². The van der Waals surface area contributed by atoms with E-state index in [2.05, 4.69) is 21.7 Å². The normalized spacial score (nSPS) is 15.8. The molecule has 32 heavy (non-hydrogen) atoms. The maximum Gasteiger partial charge on any atom is 0.255 e. The van der Waals surface area contributed by atoms with Crippen molar-refractivity contribution in [2.24, 2.45) is 0 Å². The first kappa shape index (κ1) is 22.0. The van der Waals surface area contributed by atoms with Crippen molar-refractivity contribution in [2.45, 2.75) is 38.8 Å². The summed E-state index contributed by atoms with van der Waals surface area (Å²) in [5.74, 6) is -0.242. The number of aromatic amines is 1. The summed E-state index contributed by atoms with van der Waals surface area (Å²) in [4.78, 5) is 21.1. The number of nitriles is 1. The number of piperidine rings is 1. The Morgan fingerprint density at radius 2 is 2.03 bits per heavy atom. The second kappa shape index (κ2) is 8.41. The van der Waals surface area contributed by atoms with Gasteiger partial charge in [0.2, 0.25) is 10.0 Å². The van der Waals surface area contributed by atoms with Crippen LogP contribution in [0.15, 0.2) is 24.4 Å². The molecule has 4 rings (SSSR count). The molecule has 1 saturated heterocycles. The average molecular weight is 455 g/mol. The Bertz CT molecular complexity index is 1280. The summed E-state index contributed by atoms with van der Waals surface area (Å²) in [6, 6.07) is 7.43. The van der Waals surface area contributed by atoms with Crippen LogP contribution in [-0.4, -0.2) is 60.0 Å². The van der Waals surface area contributed by atoms with Gasteiger partial charge < -0.3 is 15.6 Å². The van der Waals surface area contributed by atoms with Crippen LogP contribution in [0.4, 0.5) is 5.69 Å². The number of sulfonamides is 1. The summed E-state index contributed by atoms with van der Waals surface area (Å²) in [5, 5.41) is 16.5. The maximum atomic E-state index is 13.2. The first-order chi connectivity index (χ1) is 15.2. The highest BCUT2D eigenvalue weighted by Crippen LogP contribution is 2.37. The molecule has 0 radical (unpaired) electrons. The van der Waals surface area contributed by atoms with Crippen LogP contribution in [0.2, 0.25) is 0 Å². The highest BCUT2D eigenvalue weighted by atomic mass is 32.2. The van der Waals surface area contributed by atoms with Gasteiger partial charge in [-0.1, -0.05) is 0 Å². The van der Waals surface area contributed by atoms with E-state index in [9.17, 15) is 18.5 Å². The molecular weight excluding hydrogens is 428 g/mol. The Labute approximate surface area is 187 Å². The quantitative estimate of drug-likeness (QED) is 0.543. The van der Waals surface area contributed by atoms with Gasteiger partial charge in [0.1, 0.15) is 5.69 Å². The van der Waals surface area contributed by atoms with Crippen molar-refractivity contribution in [2.75, 3.05) is 24.7 Å². The highest BCUT2D eigenvalue weighted by molar-refractivity contribution is 7.88. The van der Waals surface area contributed by atoms with Gasteiger partial charge in [-0.05, 0) is 44.9 Å². The second-order valence-corrected chi connectivity index (χ2v) is 10.4. The van der Waals surface area contributed by atoms with E-state index in [0.29, 0.717) is 54.0 Å². The predicted molar refractivity (Wildman–Crippen MR) is 123 cm³/mol. The fourth-order valence-corrected chi connectivity index (χ4v) is 4.96. The lowest BCUT2D eigenvalue weighted by atomic mass is 10.0. The van der Waals surface area contributed by atoms with E-state index in [4.69, 9.17) is 4.98 Å². The molecule has 1 fully saturated rings. The Morgan fingerprint density at radius 1 is 1.31 bits per heavy atom. The number of hydrogen-bond acceptors (Lipinski definition) is 6. The molecule has 3 N–H and O–H groups in total. The van der Waals surface area contributed by atoms with Gasteiger partial charge in [-0.2, -0.15) is 5.26 Å². The van der Waals surface area contributed by atoms with Crippen LogP contribution in [0.3, 0.4) is 0 Å². The van der Waals surface area contributed by atoms with E-state index < -0.39 is 10.0 Å². The van der Waals surface area contributed by atoms with E-state index in [1.54, 1.807) is 18.3 Å². The maximum absolute atomic E-state index is 13.2. The van der Waals surface area contributed by atoms with E-state index >= 15 is 0 Å². The van der Waals surface area contributed by atoms with Crippen molar-refractivity contribution in [3.8, 4) is 17.5 Å². The number of aromatic nitrogens is 2. The van der Waals surface area contributed by atoms with E-state index in [0.717, 1.165) is 11.1 Å². The Morgan fingerprint density at radius 3 is 2.66 bits per heavy atom. The van der Waals surface area contributed by atoms with Gasteiger partial charge in [0, 0.05) is 36.8 Å². The van der Waals surface area contributed by atoms with Crippen molar-refractivity contribution in [1.82, 2.24) is 19.6 Å². The summed E-state index contributed by atoms with van der Waals surface area (Å²) in [5.41, 5.74) is 3.73.